The summed E-state index contributed by atoms with van der Waals surface area (Å²) in [5, 5.41) is 3.01. The van der Waals surface area contributed by atoms with Crippen LogP contribution in [0.25, 0.3) is 0 Å². The van der Waals surface area contributed by atoms with Crippen molar-refractivity contribution in [1.29, 1.82) is 0 Å². The molecule has 0 aliphatic carbocycles. The highest BCUT2D eigenvalue weighted by atomic mass is 35.5. The van der Waals surface area contributed by atoms with Crippen molar-refractivity contribution in [2.24, 2.45) is 0 Å². The lowest BCUT2D eigenvalue weighted by atomic mass is 10.1. The van der Waals surface area contributed by atoms with Gasteiger partial charge in [-0.1, -0.05) is 11.6 Å². The van der Waals surface area contributed by atoms with Crippen molar-refractivity contribution < 1.29 is 12.8 Å². The summed E-state index contributed by atoms with van der Waals surface area (Å²) in [5.41, 5.74) is 0. The molecule has 1 aliphatic heterocycles. The number of benzene rings is 1. The zero-order chi connectivity index (χ0) is 13.2. The average molecular weight is 329 g/mol. The predicted molar refractivity (Wildman–Crippen MR) is 74.9 cm³/mol. The summed E-state index contributed by atoms with van der Waals surface area (Å²) in [6, 6.07) is 3.11. The van der Waals surface area contributed by atoms with E-state index in [2.05, 4.69) is 10.0 Å². The SMILES string of the molecule is Cl.O=S(=O)(NC1CCCNC1)c1ccc(F)cc1Cl. The quantitative estimate of drug-likeness (QED) is 0.891. The molecule has 4 nitrogen and oxygen atoms in total. The molecule has 0 amide bonds. The van der Waals surface area contributed by atoms with Crippen LogP contribution in [0.5, 0.6) is 0 Å². The van der Waals surface area contributed by atoms with Crippen LogP contribution in [-0.4, -0.2) is 27.5 Å². The molecule has 2 rings (SSSR count). The van der Waals surface area contributed by atoms with Crippen LogP contribution >= 0.6 is 24.0 Å². The highest BCUT2D eigenvalue weighted by Gasteiger charge is 2.23. The topological polar surface area (TPSA) is 58.2 Å². The number of halogens is 3. The molecule has 0 spiro atoms. The third-order valence-electron chi connectivity index (χ3n) is 2.80. The third kappa shape index (κ3) is 4.29. The highest BCUT2D eigenvalue weighted by molar-refractivity contribution is 7.89. The largest absolute Gasteiger partial charge is 0.315 e. The Hall–Kier alpha value is -0.400. The van der Waals surface area contributed by atoms with E-state index in [4.69, 9.17) is 11.6 Å². The normalized spacial score (nSPS) is 19.8. The van der Waals surface area contributed by atoms with Gasteiger partial charge in [-0.25, -0.2) is 17.5 Å². The van der Waals surface area contributed by atoms with Gasteiger partial charge in [-0.15, -0.1) is 12.4 Å². The lowest BCUT2D eigenvalue weighted by molar-refractivity contribution is 0.428. The predicted octanol–water partition coefficient (Wildman–Crippen LogP) is 1.93. The van der Waals surface area contributed by atoms with Gasteiger partial charge in [0.2, 0.25) is 10.0 Å². The Morgan fingerprint density at radius 2 is 2.16 bits per heavy atom. The van der Waals surface area contributed by atoms with Crippen LogP contribution in [0.3, 0.4) is 0 Å². The Balaban J connectivity index is 0.00000180. The minimum Gasteiger partial charge on any atom is -0.315 e. The zero-order valence-electron chi connectivity index (χ0n) is 10.0. The summed E-state index contributed by atoms with van der Waals surface area (Å²) in [7, 11) is -3.70. The van der Waals surface area contributed by atoms with E-state index in [9.17, 15) is 12.8 Å². The number of rotatable bonds is 3. The smallest absolute Gasteiger partial charge is 0.242 e. The summed E-state index contributed by atoms with van der Waals surface area (Å²) in [6.07, 6.45) is 1.70. The fourth-order valence-electron chi connectivity index (χ4n) is 1.93. The van der Waals surface area contributed by atoms with E-state index in [1.54, 1.807) is 0 Å². The van der Waals surface area contributed by atoms with E-state index in [0.717, 1.165) is 31.5 Å². The van der Waals surface area contributed by atoms with Crippen LogP contribution < -0.4 is 10.0 Å². The van der Waals surface area contributed by atoms with Crippen molar-refractivity contribution >= 4 is 34.0 Å². The molecule has 8 heteroatoms. The molecule has 0 radical (unpaired) electrons. The van der Waals surface area contributed by atoms with Crippen LogP contribution in [0.2, 0.25) is 5.02 Å². The molecule has 1 atom stereocenters. The maximum atomic E-state index is 12.9. The molecular formula is C11H15Cl2FN2O2S. The average Bonchev–Trinajstić information content (AvgIpc) is 2.29. The molecule has 0 bridgehead atoms. The summed E-state index contributed by atoms with van der Waals surface area (Å²) >= 11 is 5.76. The van der Waals surface area contributed by atoms with Crippen molar-refractivity contribution in [3.05, 3.63) is 29.0 Å². The van der Waals surface area contributed by atoms with E-state index in [1.807, 2.05) is 0 Å². The van der Waals surface area contributed by atoms with E-state index < -0.39 is 15.8 Å². The summed E-state index contributed by atoms with van der Waals surface area (Å²) in [4.78, 5) is -0.0869. The van der Waals surface area contributed by atoms with Crippen LogP contribution in [0.4, 0.5) is 4.39 Å². The molecular weight excluding hydrogens is 314 g/mol. The van der Waals surface area contributed by atoms with Gasteiger partial charge in [0.05, 0.1) is 5.02 Å². The first kappa shape index (κ1) is 16.7. The minimum absolute atomic E-state index is 0. The number of sulfonamides is 1. The van der Waals surface area contributed by atoms with Gasteiger partial charge in [0.15, 0.2) is 0 Å². The molecule has 2 N–H and O–H groups in total. The van der Waals surface area contributed by atoms with Crippen LogP contribution in [0.15, 0.2) is 23.1 Å². The van der Waals surface area contributed by atoms with Gasteiger partial charge in [0, 0.05) is 12.6 Å². The molecule has 1 heterocycles. The second-order valence-corrected chi connectivity index (χ2v) is 6.33. The molecule has 0 saturated carbocycles. The molecule has 1 aliphatic rings. The maximum absolute atomic E-state index is 12.9. The van der Waals surface area contributed by atoms with Crippen molar-refractivity contribution in [3.8, 4) is 0 Å². The number of hydrogen-bond acceptors (Lipinski definition) is 3. The molecule has 1 unspecified atom stereocenters. The number of hydrogen-bond donors (Lipinski definition) is 2. The first-order chi connectivity index (χ1) is 8.49. The first-order valence-electron chi connectivity index (χ1n) is 5.67. The summed E-state index contributed by atoms with van der Waals surface area (Å²) < 4.78 is 39.6. The molecule has 1 aromatic rings. The Labute approximate surface area is 123 Å². The van der Waals surface area contributed by atoms with Crippen molar-refractivity contribution in [2.45, 2.75) is 23.8 Å². The van der Waals surface area contributed by atoms with Gasteiger partial charge >= 0.3 is 0 Å². The third-order valence-corrected chi connectivity index (χ3v) is 4.81. The Morgan fingerprint density at radius 1 is 1.42 bits per heavy atom. The molecule has 108 valence electrons. The van der Waals surface area contributed by atoms with Crippen molar-refractivity contribution in [1.82, 2.24) is 10.0 Å². The van der Waals surface area contributed by atoms with E-state index >= 15 is 0 Å². The van der Waals surface area contributed by atoms with Gasteiger partial charge in [-0.2, -0.15) is 0 Å². The molecule has 1 fully saturated rings. The van der Waals surface area contributed by atoms with Gasteiger partial charge < -0.3 is 5.32 Å². The standard InChI is InChI=1S/C11H14ClFN2O2S.ClH/c12-10-6-8(13)3-4-11(10)18(16,17)15-9-2-1-5-14-7-9;/h3-4,6,9,14-15H,1-2,5,7H2;1H. The van der Waals surface area contributed by atoms with Crippen molar-refractivity contribution in [2.75, 3.05) is 13.1 Å². The lowest BCUT2D eigenvalue weighted by Gasteiger charge is -2.23. The Morgan fingerprint density at radius 3 is 2.74 bits per heavy atom. The van der Waals surface area contributed by atoms with E-state index in [0.29, 0.717) is 6.54 Å². The van der Waals surface area contributed by atoms with Gasteiger partial charge in [-0.05, 0) is 37.6 Å². The molecule has 1 aromatic carbocycles. The Kier molecular flexibility index (Phi) is 6.01. The lowest BCUT2D eigenvalue weighted by Crippen LogP contribution is -2.45. The molecule has 1 saturated heterocycles. The monoisotopic (exact) mass is 328 g/mol. The van der Waals surface area contributed by atoms with Gasteiger partial charge in [-0.3, -0.25) is 0 Å². The fraction of sp³-hybridized carbons (Fsp3) is 0.455. The van der Waals surface area contributed by atoms with Gasteiger partial charge in [0.25, 0.3) is 0 Å². The van der Waals surface area contributed by atoms with Gasteiger partial charge in [0.1, 0.15) is 10.7 Å². The first-order valence-corrected chi connectivity index (χ1v) is 7.53. The number of nitrogens with one attached hydrogen (secondary N) is 2. The van der Waals surface area contributed by atoms with E-state index in [-0.39, 0.29) is 28.4 Å². The zero-order valence-corrected chi connectivity index (χ0v) is 12.4. The van der Waals surface area contributed by atoms with E-state index in [1.165, 1.54) is 6.07 Å². The molecule has 0 aromatic heterocycles. The minimum atomic E-state index is -3.70. The van der Waals surface area contributed by atoms with Crippen LogP contribution in [0, 0.1) is 5.82 Å². The second-order valence-electron chi connectivity index (χ2n) is 4.24. The maximum Gasteiger partial charge on any atom is 0.242 e. The Bertz CT molecular complexity index is 533. The van der Waals surface area contributed by atoms with Crippen LogP contribution in [0.1, 0.15) is 12.8 Å². The van der Waals surface area contributed by atoms with Crippen LogP contribution in [-0.2, 0) is 10.0 Å². The second kappa shape index (κ2) is 6.85. The fourth-order valence-corrected chi connectivity index (χ4v) is 3.73. The molecule has 19 heavy (non-hydrogen) atoms. The summed E-state index contributed by atoms with van der Waals surface area (Å²) in [6.45, 7) is 1.49. The van der Waals surface area contributed by atoms with Crippen molar-refractivity contribution in [3.63, 3.8) is 0 Å². The highest BCUT2D eigenvalue weighted by Crippen LogP contribution is 2.22. The summed E-state index contributed by atoms with van der Waals surface area (Å²) in [5.74, 6) is -0.557. The number of piperidine rings is 1.